The summed E-state index contributed by atoms with van der Waals surface area (Å²) in [5.74, 6) is -0.745. The Kier molecular flexibility index (Phi) is 3.97. The molecule has 96 valence electrons. The largest absolute Gasteiger partial charge is 0.481 e. The maximum Gasteiger partial charge on any atom is 0.309 e. The highest BCUT2D eigenvalue weighted by Gasteiger charge is 2.27. The van der Waals surface area contributed by atoms with Crippen LogP contribution in [-0.2, 0) is 16.6 Å². The van der Waals surface area contributed by atoms with E-state index in [4.69, 9.17) is 5.11 Å². The molecule has 0 spiro atoms. The molecule has 0 saturated heterocycles. The predicted octanol–water partition coefficient (Wildman–Crippen LogP) is 3.48. The molecule has 0 aliphatic rings. The molecule has 0 aliphatic carbocycles. The van der Waals surface area contributed by atoms with Crippen molar-refractivity contribution >= 4 is 17.3 Å². The third-order valence-corrected chi connectivity index (χ3v) is 3.77. The van der Waals surface area contributed by atoms with Crippen LogP contribution in [0.3, 0.4) is 0 Å². The number of aromatic nitrogens is 1. The molecule has 0 bridgehead atoms. The Morgan fingerprint density at radius 1 is 1.35 bits per heavy atom. The summed E-state index contributed by atoms with van der Waals surface area (Å²) in [6.07, 6.45) is 1.36. The lowest BCUT2D eigenvalue weighted by Crippen LogP contribution is -2.24. The van der Waals surface area contributed by atoms with Gasteiger partial charge in [-0.15, -0.1) is 11.3 Å². The fourth-order valence-electron chi connectivity index (χ4n) is 1.30. The lowest BCUT2D eigenvalue weighted by Gasteiger charge is -2.18. The summed E-state index contributed by atoms with van der Waals surface area (Å²) >= 11 is 1.62. The van der Waals surface area contributed by atoms with Gasteiger partial charge in [0.15, 0.2) is 0 Å². The quantitative estimate of drug-likeness (QED) is 0.896. The zero-order chi connectivity index (χ0) is 13.3. The molecule has 0 aromatic carbocycles. The highest BCUT2D eigenvalue weighted by Crippen LogP contribution is 2.27. The molecule has 1 aromatic heterocycles. The number of carboxylic acids is 1. The number of hydrogen-bond donors (Lipinski definition) is 1. The SMILES string of the molecule is CC(C)(CCc1nc(C(C)(C)C)cs1)C(=O)O. The third-order valence-electron chi connectivity index (χ3n) is 2.86. The molecule has 0 atom stereocenters. The maximum atomic E-state index is 11.0. The Morgan fingerprint density at radius 3 is 2.35 bits per heavy atom. The van der Waals surface area contributed by atoms with E-state index in [1.807, 2.05) is 0 Å². The molecule has 17 heavy (non-hydrogen) atoms. The van der Waals surface area contributed by atoms with Crippen molar-refractivity contribution in [3.05, 3.63) is 16.1 Å². The number of nitrogens with zero attached hydrogens (tertiary/aromatic N) is 1. The number of hydrogen-bond acceptors (Lipinski definition) is 3. The number of rotatable bonds is 4. The van der Waals surface area contributed by atoms with Gasteiger partial charge < -0.3 is 5.11 Å². The molecule has 3 nitrogen and oxygen atoms in total. The summed E-state index contributed by atoms with van der Waals surface area (Å²) in [5.41, 5.74) is 0.482. The van der Waals surface area contributed by atoms with E-state index in [0.717, 1.165) is 17.1 Å². The number of aryl methyl sites for hydroxylation is 1. The fourth-order valence-corrected chi connectivity index (χ4v) is 2.32. The number of carboxylic acid groups (broad SMARTS) is 1. The zero-order valence-corrected chi connectivity index (χ0v) is 12.0. The van der Waals surface area contributed by atoms with Crippen molar-refractivity contribution in [1.29, 1.82) is 0 Å². The van der Waals surface area contributed by atoms with Gasteiger partial charge in [-0.25, -0.2) is 4.98 Å². The molecule has 1 rings (SSSR count). The smallest absolute Gasteiger partial charge is 0.309 e. The maximum absolute atomic E-state index is 11.0. The summed E-state index contributed by atoms with van der Waals surface area (Å²) in [5, 5.41) is 12.1. The summed E-state index contributed by atoms with van der Waals surface area (Å²) in [7, 11) is 0. The number of thiazole rings is 1. The minimum absolute atomic E-state index is 0.0665. The number of carbonyl (C=O) groups is 1. The Hall–Kier alpha value is -0.900. The van der Waals surface area contributed by atoms with Gasteiger partial charge in [0.05, 0.1) is 16.1 Å². The van der Waals surface area contributed by atoms with Crippen molar-refractivity contribution in [3.63, 3.8) is 0 Å². The van der Waals surface area contributed by atoms with Gasteiger partial charge in [-0.2, -0.15) is 0 Å². The Balaban J connectivity index is 2.66. The van der Waals surface area contributed by atoms with E-state index in [1.165, 1.54) is 0 Å². The first-order valence-electron chi connectivity index (χ1n) is 5.81. The molecule has 1 heterocycles. The van der Waals surface area contributed by atoms with Crippen molar-refractivity contribution in [1.82, 2.24) is 4.98 Å². The van der Waals surface area contributed by atoms with Crippen molar-refractivity contribution < 1.29 is 9.90 Å². The van der Waals surface area contributed by atoms with Crippen LogP contribution in [0.1, 0.15) is 51.7 Å². The summed E-state index contributed by atoms with van der Waals surface area (Å²) in [6.45, 7) is 9.91. The van der Waals surface area contributed by atoms with Gasteiger partial charge in [-0.05, 0) is 20.3 Å². The first kappa shape index (κ1) is 14.2. The van der Waals surface area contributed by atoms with E-state index in [-0.39, 0.29) is 5.41 Å². The Morgan fingerprint density at radius 2 is 1.94 bits per heavy atom. The first-order chi connectivity index (χ1) is 7.63. The lowest BCUT2D eigenvalue weighted by atomic mass is 9.88. The van der Waals surface area contributed by atoms with Crippen LogP contribution in [0.25, 0.3) is 0 Å². The van der Waals surface area contributed by atoms with Gasteiger partial charge in [0.1, 0.15) is 0 Å². The van der Waals surface area contributed by atoms with Gasteiger partial charge >= 0.3 is 5.97 Å². The second-order valence-electron chi connectivity index (χ2n) is 6.07. The minimum atomic E-state index is -0.745. The fraction of sp³-hybridized carbons (Fsp3) is 0.692. The summed E-state index contributed by atoms with van der Waals surface area (Å²) < 4.78 is 0. The minimum Gasteiger partial charge on any atom is -0.481 e. The normalized spacial score (nSPS) is 12.8. The summed E-state index contributed by atoms with van der Waals surface area (Å²) in [4.78, 5) is 15.6. The molecule has 0 saturated carbocycles. The van der Waals surface area contributed by atoms with Crippen molar-refractivity contribution in [2.24, 2.45) is 5.41 Å². The van der Waals surface area contributed by atoms with Gasteiger partial charge in [-0.1, -0.05) is 20.8 Å². The van der Waals surface area contributed by atoms with Crippen LogP contribution in [0.15, 0.2) is 5.38 Å². The average Bonchev–Trinajstić information content (AvgIpc) is 2.62. The highest BCUT2D eigenvalue weighted by molar-refractivity contribution is 7.09. The Bertz CT molecular complexity index is 402. The Labute approximate surface area is 107 Å². The molecule has 0 fully saturated rings. The van der Waals surface area contributed by atoms with E-state index >= 15 is 0 Å². The second kappa shape index (κ2) is 4.77. The predicted molar refractivity (Wildman–Crippen MR) is 70.6 cm³/mol. The van der Waals surface area contributed by atoms with Crippen LogP contribution in [0.2, 0.25) is 0 Å². The number of aliphatic carboxylic acids is 1. The monoisotopic (exact) mass is 255 g/mol. The van der Waals surface area contributed by atoms with Crippen molar-refractivity contribution in [2.75, 3.05) is 0 Å². The van der Waals surface area contributed by atoms with Crippen LogP contribution in [0.5, 0.6) is 0 Å². The van der Waals surface area contributed by atoms with Crippen LogP contribution >= 0.6 is 11.3 Å². The van der Waals surface area contributed by atoms with Crippen LogP contribution in [-0.4, -0.2) is 16.1 Å². The highest BCUT2D eigenvalue weighted by atomic mass is 32.1. The average molecular weight is 255 g/mol. The van der Waals surface area contributed by atoms with Crippen LogP contribution < -0.4 is 0 Å². The van der Waals surface area contributed by atoms with E-state index in [0.29, 0.717) is 6.42 Å². The standard InChI is InChI=1S/C13H21NO2S/c1-12(2,3)9-8-17-10(14-9)6-7-13(4,5)11(15)16/h8H,6-7H2,1-5H3,(H,15,16). The zero-order valence-electron chi connectivity index (χ0n) is 11.2. The molecule has 0 amide bonds. The van der Waals surface area contributed by atoms with E-state index < -0.39 is 11.4 Å². The van der Waals surface area contributed by atoms with Gasteiger partial charge in [0.2, 0.25) is 0 Å². The topological polar surface area (TPSA) is 50.2 Å². The lowest BCUT2D eigenvalue weighted by molar-refractivity contribution is -0.147. The molecular weight excluding hydrogens is 234 g/mol. The van der Waals surface area contributed by atoms with Crippen LogP contribution in [0.4, 0.5) is 0 Å². The molecule has 1 aromatic rings. The molecular formula is C13H21NO2S. The van der Waals surface area contributed by atoms with E-state index in [9.17, 15) is 4.79 Å². The summed E-state index contributed by atoms with van der Waals surface area (Å²) in [6, 6.07) is 0. The molecule has 0 aliphatic heterocycles. The molecule has 0 unspecified atom stereocenters. The molecule has 1 N–H and O–H groups in total. The van der Waals surface area contributed by atoms with Crippen molar-refractivity contribution in [2.45, 2.75) is 52.9 Å². The van der Waals surface area contributed by atoms with Gasteiger partial charge in [0.25, 0.3) is 0 Å². The third kappa shape index (κ3) is 3.80. The van der Waals surface area contributed by atoms with Gasteiger partial charge in [-0.3, -0.25) is 4.79 Å². The van der Waals surface area contributed by atoms with Crippen LogP contribution in [0, 0.1) is 5.41 Å². The van der Waals surface area contributed by atoms with E-state index in [1.54, 1.807) is 25.2 Å². The molecule has 4 heteroatoms. The first-order valence-corrected chi connectivity index (χ1v) is 6.69. The second-order valence-corrected chi connectivity index (χ2v) is 7.01. The van der Waals surface area contributed by atoms with Gasteiger partial charge in [0, 0.05) is 17.2 Å². The van der Waals surface area contributed by atoms with Crippen molar-refractivity contribution in [3.8, 4) is 0 Å². The molecule has 0 radical (unpaired) electrons. The van der Waals surface area contributed by atoms with E-state index in [2.05, 4.69) is 31.1 Å².